The first-order valence-electron chi connectivity index (χ1n) is 7.29. The molecule has 0 unspecified atom stereocenters. The third-order valence-corrected chi connectivity index (χ3v) is 3.88. The number of carbonyl (C=O) groups excluding carboxylic acids is 1. The van der Waals surface area contributed by atoms with Crippen molar-refractivity contribution in [3.05, 3.63) is 22.9 Å². The third kappa shape index (κ3) is 3.53. The molecule has 1 saturated heterocycles. The summed E-state index contributed by atoms with van der Waals surface area (Å²) in [5.74, 6) is -1.28. The van der Waals surface area contributed by atoms with E-state index in [0.29, 0.717) is 32.5 Å². The molecule has 0 atom stereocenters. The highest BCUT2D eigenvalue weighted by Gasteiger charge is 2.27. The molecule has 2 rings (SSSR count). The lowest BCUT2D eigenvalue weighted by Crippen LogP contribution is -2.42. The monoisotopic (exact) mass is 295 g/mol. The van der Waals surface area contributed by atoms with Gasteiger partial charge < -0.3 is 10.0 Å². The lowest BCUT2D eigenvalue weighted by molar-refractivity contribution is -0.145. The van der Waals surface area contributed by atoms with Crippen molar-refractivity contribution in [1.29, 1.82) is 0 Å². The van der Waals surface area contributed by atoms with E-state index in [9.17, 15) is 14.4 Å². The molecule has 1 aromatic rings. The molecule has 0 aromatic carbocycles. The van der Waals surface area contributed by atoms with Crippen LogP contribution < -0.4 is 5.69 Å². The van der Waals surface area contributed by atoms with Crippen LogP contribution in [0.5, 0.6) is 0 Å². The maximum Gasteiger partial charge on any atom is 0.328 e. The van der Waals surface area contributed by atoms with Gasteiger partial charge in [-0.05, 0) is 19.3 Å². The first-order chi connectivity index (χ1) is 10.0. The minimum absolute atomic E-state index is 0.0211. The highest BCUT2D eigenvalue weighted by molar-refractivity contribution is 5.76. The molecule has 1 fully saturated rings. The molecule has 7 nitrogen and oxygen atoms in total. The molecule has 0 bridgehead atoms. The molecule has 0 saturated carbocycles. The highest BCUT2D eigenvalue weighted by Crippen LogP contribution is 2.17. The van der Waals surface area contributed by atoms with Crippen LogP contribution in [0.1, 0.15) is 26.2 Å². The first kappa shape index (κ1) is 15.3. The molecule has 1 aromatic heterocycles. The average Bonchev–Trinajstić information content (AvgIpc) is 2.81. The Balaban J connectivity index is 1.93. The van der Waals surface area contributed by atoms with Crippen LogP contribution in [-0.2, 0) is 22.7 Å². The predicted octanol–water partition coefficient (Wildman–Crippen LogP) is 0.383. The number of carbonyl (C=O) groups is 2. The zero-order valence-electron chi connectivity index (χ0n) is 12.2. The summed E-state index contributed by atoms with van der Waals surface area (Å²) in [6.07, 6.45) is 5.13. The molecule has 1 amide bonds. The van der Waals surface area contributed by atoms with Crippen LogP contribution in [0.4, 0.5) is 0 Å². The van der Waals surface area contributed by atoms with Gasteiger partial charge in [-0.2, -0.15) is 0 Å². The third-order valence-electron chi connectivity index (χ3n) is 3.88. The summed E-state index contributed by atoms with van der Waals surface area (Å²) in [7, 11) is 0. The second-order valence-electron chi connectivity index (χ2n) is 5.40. The minimum Gasteiger partial charge on any atom is -0.481 e. The normalized spacial score (nSPS) is 16.1. The number of piperidine rings is 1. The Bertz CT molecular complexity index is 567. The van der Waals surface area contributed by atoms with Crippen LogP contribution in [0.15, 0.2) is 17.2 Å². The Morgan fingerprint density at radius 3 is 2.43 bits per heavy atom. The number of carboxylic acids is 1. The Morgan fingerprint density at radius 2 is 1.86 bits per heavy atom. The molecule has 0 aliphatic carbocycles. The SMILES string of the molecule is CCCn1ccn(CC(=O)N2CCC(C(=O)O)CC2)c1=O. The Hall–Kier alpha value is -2.05. The van der Waals surface area contributed by atoms with Gasteiger partial charge in [-0.25, -0.2) is 4.79 Å². The largest absolute Gasteiger partial charge is 0.481 e. The number of rotatable bonds is 5. The number of aromatic nitrogens is 2. The molecular weight excluding hydrogens is 274 g/mol. The fraction of sp³-hybridized carbons (Fsp3) is 0.643. The molecule has 2 heterocycles. The van der Waals surface area contributed by atoms with Gasteiger partial charge in [0, 0.05) is 32.0 Å². The van der Waals surface area contributed by atoms with Crippen LogP contribution in [0.3, 0.4) is 0 Å². The van der Waals surface area contributed by atoms with Gasteiger partial charge in [0.15, 0.2) is 0 Å². The zero-order chi connectivity index (χ0) is 15.4. The fourth-order valence-electron chi connectivity index (χ4n) is 2.61. The van der Waals surface area contributed by atoms with Gasteiger partial charge in [0.2, 0.25) is 5.91 Å². The number of amides is 1. The predicted molar refractivity (Wildman–Crippen MR) is 75.9 cm³/mol. The fourth-order valence-corrected chi connectivity index (χ4v) is 2.61. The summed E-state index contributed by atoms with van der Waals surface area (Å²) >= 11 is 0. The maximum atomic E-state index is 12.2. The Morgan fingerprint density at radius 1 is 1.24 bits per heavy atom. The van der Waals surface area contributed by atoms with Gasteiger partial charge in [0.1, 0.15) is 6.54 Å². The average molecular weight is 295 g/mol. The van der Waals surface area contributed by atoms with Gasteiger partial charge in [0.05, 0.1) is 5.92 Å². The molecule has 0 radical (unpaired) electrons. The summed E-state index contributed by atoms with van der Waals surface area (Å²) in [6.45, 7) is 3.54. The molecular formula is C14H21N3O4. The zero-order valence-corrected chi connectivity index (χ0v) is 12.2. The second-order valence-corrected chi connectivity index (χ2v) is 5.40. The van der Waals surface area contributed by atoms with Gasteiger partial charge in [-0.15, -0.1) is 0 Å². The van der Waals surface area contributed by atoms with Crippen molar-refractivity contribution in [3.63, 3.8) is 0 Å². The van der Waals surface area contributed by atoms with Gasteiger partial charge >= 0.3 is 11.7 Å². The number of hydrogen-bond acceptors (Lipinski definition) is 3. The van der Waals surface area contributed by atoms with E-state index in [1.54, 1.807) is 21.9 Å². The molecule has 116 valence electrons. The Labute approximate surface area is 122 Å². The Kier molecular flexibility index (Phi) is 4.82. The topological polar surface area (TPSA) is 84.5 Å². The van der Waals surface area contributed by atoms with E-state index in [4.69, 9.17) is 5.11 Å². The van der Waals surface area contributed by atoms with Crippen molar-refractivity contribution >= 4 is 11.9 Å². The summed E-state index contributed by atoms with van der Waals surface area (Å²) in [5, 5.41) is 8.94. The van der Waals surface area contributed by atoms with Gasteiger partial charge in [0.25, 0.3) is 0 Å². The number of likely N-dealkylation sites (tertiary alicyclic amines) is 1. The van der Waals surface area contributed by atoms with Crippen LogP contribution in [0.2, 0.25) is 0 Å². The van der Waals surface area contributed by atoms with Crippen molar-refractivity contribution in [2.24, 2.45) is 5.92 Å². The molecule has 1 aliphatic rings. The minimum atomic E-state index is -0.796. The van der Waals surface area contributed by atoms with Crippen LogP contribution in [0, 0.1) is 5.92 Å². The quantitative estimate of drug-likeness (QED) is 0.851. The van der Waals surface area contributed by atoms with Crippen molar-refractivity contribution in [2.75, 3.05) is 13.1 Å². The van der Waals surface area contributed by atoms with E-state index < -0.39 is 5.97 Å². The van der Waals surface area contributed by atoms with Crippen molar-refractivity contribution in [3.8, 4) is 0 Å². The lowest BCUT2D eigenvalue weighted by Gasteiger charge is -2.30. The smallest absolute Gasteiger partial charge is 0.328 e. The summed E-state index contributed by atoms with van der Waals surface area (Å²) in [4.78, 5) is 36.7. The van der Waals surface area contributed by atoms with Crippen molar-refractivity contribution in [2.45, 2.75) is 39.3 Å². The molecule has 1 aliphatic heterocycles. The maximum absolute atomic E-state index is 12.2. The molecule has 0 spiro atoms. The summed E-state index contributed by atoms with van der Waals surface area (Å²) in [5.41, 5.74) is -0.175. The number of hydrogen-bond donors (Lipinski definition) is 1. The second kappa shape index (κ2) is 6.60. The van der Waals surface area contributed by atoms with E-state index in [0.717, 1.165) is 6.42 Å². The molecule has 1 N–H and O–H groups in total. The highest BCUT2D eigenvalue weighted by atomic mass is 16.4. The standard InChI is InChI=1S/C14H21N3O4/c1-2-5-16-8-9-17(14(16)21)10-12(18)15-6-3-11(4-7-15)13(19)20/h8-9,11H,2-7,10H2,1H3,(H,19,20). The van der Waals surface area contributed by atoms with Crippen molar-refractivity contribution < 1.29 is 14.7 Å². The molecule has 21 heavy (non-hydrogen) atoms. The van der Waals surface area contributed by atoms with E-state index >= 15 is 0 Å². The number of aryl methyl sites for hydroxylation is 1. The van der Waals surface area contributed by atoms with E-state index in [2.05, 4.69) is 0 Å². The van der Waals surface area contributed by atoms with Crippen LogP contribution in [0.25, 0.3) is 0 Å². The summed E-state index contributed by atoms with van der Waals surface area (Å²) in [6, 6.07) is 0. The van der Waals surface area contributed by atoms with Gasteiger partial charge in [-0.1, -0.05) is 6.92 Å². The van der Waals surface area contributed by atoms with E-state index in [1.807, 2.05) is 6.92 Å². The first-order valence-corrected chi connectivity index (χ1v) is 7.29. The van der Waals surface area contributed by atoms with E-state index in [1.165, 1.54) is 4.57 Å². The van der Waals surface area contributed by atoms with Crippen LogP contribution in [-0.4, -0.2) is 44.1 Å². The van der Waals surface area contributed by atoms with Gasteiger partial charge in [-0.3, -0.25) is 18.7 Å². The number of imidazole rings is 1. The van der Waals surface area contributed by atoms with Crippen LogP contribution >= 0.6 is 0 Å². The number of aliphatic carboxylic acids is 1. The molecule has 7 heteroatoms. The number of carboxylic acid groups (broad SMARTS) is 1. The summed E-state index contributed by atoms with van der Waals surface area (Å²) < 4.78 is 2.99. The van der Waals surface area contributed by atoms with Crippen molar-refractivity contribution in [1.82, 2.24) is 14.0 Å². The lowest BCUT2D eigenvalue weighted by atomic mass is 9.97. The van der Waals surface area contributed by atoms with E-state index in [-0.39, 0.29) is 24.1 Å². The number of nitrogens with zero attached hydrogens (tertiary/aromatic N) is 3.